The van der Waals surface area contributed by atoms with E-state index in [1.54, 1.807) is 6.07 Å². The van der Waals surface area contributed by atoms with E-state index in [9.17, 15) is 4.79 Å². The van der Waals surface area contributed by atoms with Gasteiger partial charge in [-0.05, 0) is 26.0 Å². The van der Waals surface area contributed by atoms with Crippen LogP contribution in [0.2, 0.25) is 0 Å². The molecular formula is C12H14N4OS. The number of nitrogens with one attached hydrogen (secondary N) is 1. The number of aryl methyl sites for hydroxylation is 1. The van der Waals surface area contributed by atoms with Gasteiger partial charge in [-0.15, -0.1) is 10.2 Å². The average Bonchev–Trinajstić information content (AvgIpc) is 2.77. The van der Waals surface area contributed by atoms with Crippen LogP contribution in [0, 0.1) is 6.92 Å². The topological polar surface area (TPSA) is 80.9 Å². The van der Waals surface area contributed by atoms with Crippen LogP contribution in [0.5, 0.6) is 0 Å². The molecule has 2 rings (SSSR count). The zero-order valence-electron chi connectivity index (χ0n) is 10.2. The molecule has 1 aromatic heterocycles. The molecule has 2 aromatic rings. The van der Waals surface area contributed by atoms with Crippen LogP contribution in [0.1, 0.15) is 33.9 Å². The van der Waals surface area contributed by atoms with Crippen LogP contribution >= 0.6 is 11.3 Å². The standard InChI is InChI=1S/C12H14N4OS/c1-7-4-3-5-9(6-7)10(17)14-12-16-15-11(18-12)8(2)13/h3-6,8H,13H2,1-2H3,(H,14,16,17). The van der Waals surface area contributed by atoms with Crippen molar-refractivity contribution < 1.29 is 4.79 Å². The second-order valence-electron chi connectivity index (χ2n) is 4.06. The fourth-order valence-electron chi connectivity index (χ4n) is 1.42. The van der Waals surface area contributed by atoms with Crippen LogP contribution in [0.3, 0.4) is 0 Å². The number of carbonyl (C=O) groups is 1. The fourth-order valence-corrected chi connectivity index (χ4v) is 2.12. The molecular weight excluding hydrogens is 248 g/mol. The normalized spacial score (nSPS) is 12.2. The van der Waals surface area contributed by atoms with Gasteiger partial charge in [-0.25, -0.2) is 0 Å². The van der Waals surface area contributed by atoms with Gasteiger partial charge in [-0.3, -0.25) is 10.1 Å². The first kappa shape index (κ1) is 12.7. The maximum absolute atomic E-state index is 11.9. The lowest BCUT2D eigenvalue weighted by molar-refractivity contribution is 0.102. The first-order valence-corrected chi connectivity index (χ1v) is 6.35. The largest absolute Gasteiger partial charge is 0.322 e. The molecule has 5 nitrogen and oxygen atoms in total. The zero-order valence-corrected chi connectivity index (χ0v) is 11.0. The second kappa shape index (κ2) is 5.24. The van der Waals surface area contributed by atoms with Gasteiger partial charge in [0.1, 0.15) is 5.01 Å². The summed E-state index contributed by atoms with van der Waals surface area (Å²) >= 11 is 1.29. The van der Waals surface area contributed by atoms with Crippen molar-refractivity contribution in [3.05, 3.63) is 40.4 Å². The van der Waals surface area contributed by atoms with Crippen molar-refractivity contribution >= 4 is 22.4 Å². The predicted molar refractivity (Wildman–Crippen MR) is 71.6 cm³/mol. The molecule has 0 aliphatic carbocycles. The van der Waals surface area contributed by atoms with E-state index in [0.29, 0.717) is 15.7 Å². The molecule has 6 heteroatoms. The second-order valence-corrected chi connectivity index (χ2v) is 5.07. The van der Waals surface area contributed by atoms with Crippen LogP contribution in [-0.4, -0.2) is 16.1 Å². The molecule has 0 aliphatic heterocycles. The highest BCUT2D eigenvalue weighted by atomic mass is 32.1. The number of hydrogen-bond acceptors (Lipinski definition) is 5. The van der Waals surface area contributed by atoms with Crippen molar-refractivity contribution in [1.29, 1.82) is 0 Å². The van der Waals surface area contributed by atoms with Gasteiger partial charge in [0.25, 0.3) is 5.91 Å². The quantitative estimate of drug-likeness (QED) is 0.887. The summed E-state index contributed by atoms with van der Waals surface area (Å²) in [6, 6.07) is 7.19. The third-order valence-corrected chi connectivity index (χ3v) is 3.37. The van der Waals surface area contributed by atoms with Gasteiger partial charge >= 0.3 is 0 Å². The maximum atomic E-state index is 11.9. The first-order chi connectivity index (χ1) is 8.56. The van der Waals surface area contributed by atoms with Gasteiger partial charge in [-0.1, -0.05) is 29.0 Å². The smallest absolute Gasteiger partial charge is 0.257 e. The third kappa shape index (κ3) is 2.91. The van der Waals surface area contributed by atoms with E-state index in [-0.39, 0.29) is 11.9 Å². The Balaban J connectivity index is 2.11. The molecule has 0 radical (unpaired) electrons. The highest BCUT2D eigenvalue weighted by molar-refractivity contribution is 7.15. The number of rotatable bonds is 3. The number of hydrogen-bond donors (Lipinski definition) is 2. The number of nitrogens with zero attached hydrogens (tertiary/aromatic N) is 2. The van der Waals surface area contributed by atoms with Gasteiger partial charge in [0.15, 0.2) is 0 Å². The minimum Gasteiger partial charge on any atom is -0.322 e. The van der Waals surface area contributed by atoms with E-state index in [4.69, 9.17) is 5.73 Å². The summed E-state index contributed by atoms with van der Waals surface area (Å²) in [5, 5.41) is 11.7. The van der Waals surface area contributed by atoms with E-state index >= 15 is 0 Å². The summed E-state index contributed by atoms with van der Waals surface area (Å²) in [5.74, 6) is -0.189. The molecule has 0 saturated carbocycles. The number of anilines is 1. The van der Waals surface area contributed by atoms with Gasteiger partial charge in [0.05, 0.1) is 6.04 Å². The minimum atomic E-state index is -0.189. The number of nitrogens with two attached hydrogens (primary N) is 1. The molecule has 18 heavy (non-hydrogen) atoms. The highest BCUT2D eigenvalue weighted by Crippen LogP contribution is 2.20. The van der Waals surface area contributed by atoms with Crippen molar-refractivity contribution in [2.75, 3.05) is 5.32 Å². The number of carbonyl (C=O) groups excluding carboxylic acids is 1. The Bertz CT molecular complexity index is 565. The van der Waals surface area contributed by atoms with Gasteiger partial charge in [-0.2, -0.15) is 0 Å². The summed E-state index contributed by atoms with van der Waals surface area (Å²) in [7, 11) is 0. The van der Waals surface area contributed by atoms with Crippen LogP contribution in [-0.2, 0) is 0 Å². The molecule has 0 spiro atoms. The van der Waals surface area contributed by atoms with Gasteiger partial charge in [0, 0.05) is 5.56 Å². The number of amides is 1. The predicted octanol–water partition coefficient (Wildman–Crippen LogP) is 2.12. The van der Waals surface area contributed by atoms with Crippen LogP contribution in [0.4, 0.5) is 5.13 Å². The molecule has 0 fully saturated rings. The van der Waals surface area contributed by atoms with Gasteiger partial charge in [0.2, 0.25) is 5.13 Å². The Morgan fingerprint density at radius 3 is 2.83 bits per heavy atom. The van der Waals surface area contributed by atoms with Crippen molar-refractivity contribution in [2.45, 2.75) is 19.9 Å². The molecule has 0 bridgehead atoms. The molecule has 0 aliphatic rings. The molecule has 94 valence electrons. The summed E-state index contributed by atoms with van der Waals surface area (Å²) in [5.41, 5.74) is 7.33. The van der Waals surface area contributed by atoms with Crippen LogP contribution in [0.15, 0.2) is 24.3 Å². The zero-order chi connectivity index (χ0) is 13.1. The van der Waals surface area contributed by atoms with Crippen molar-refractivity contribution in [3.8, 4) is 0 Å². The first-order valence-electron chi connectivity index (χ1n) is 5.53. The monoisotopic (exact) mass is 262 g/mol. The molecule has 3 N–H and O–H groups in total. The molecule has 0 saturated heterocycles. The lowest BCUT2D eigenvalue weighted by Gasteiger charge is -2.01. The Kier molecular flexibility index (Phi) is 3.69. The van der Waals surface area contributed by atoms with E-state index in [0.717, 1.165) is 5.56 Å². The van der Waals surface area contributed by atoms with Gasteiger partial charge < -0.3 is 5.73 Å². The van der Waals surface area contributed by atoms with Crippen LogP contribution < -0.4 is 11.1 Å². The van der Waals surface area contributed by atoms with E-state index in [1.165, 1.54) is 11.3 Å². The minimum absolute atomic E-state index is 0.174. The van der Waals surface area contributed by atoms with Crippen LogP contribution in [0.25, 0.3) is 0 Å². The molecule has 1 heterocycles. The average molecular weight is 262 g/mol. The SMILES string of the molecule is Cc1cccc(C(=O)Nc2nnc(C(C)N)s2)c1. The molecule has 1 atom stereocenters. The molecule has 1 unspecified atom stereocenters. The van der Waals surface area contributed by atoms with Crippen molar-refractivity contribution in [1.82, 2.24) is 10.2 Å². The number of aromatic nitrogens is 2. The molecule has 1 aromatic carbocycles. The lowest BCUT2D eigenvalue weighted by atomic mass is 10.1. The fraction of sp³-hybridized carbons (Fsp3) is 0.250. The van der Waals surface area contributed by atoms with Crippen molar-refractivity contribution in [2.24, 2.45) is 5.73 Å². The third-order valence-electron chi connectivity index (χ3n) is 2.33. The Labute approximate surface area is 109 Å². The number of benzene rings is 1. The summed E-state index contributed by atoms with van der Waals surface area (Å²) in [6.45, 7) is 3.77. The lowest BCUT2D eigenvalue weighted by Crippen LogP contribution is -2.11. The van der Waals surface area contributed by atoms with E-state index in [1.807, 2.05) is 32.0 Å². The summed E-state index contributed by atoms with van der Waals surface area (Å²) in [6.07, 6.45) is 0. The molecule has 1 amide bonds. The summed E-state index contributed by atoms with van der Waals surface area (Å²) < 4.78 is 0. The Morgan fingerprint density at radius 1 is 1.44 bits per heavy atom. The van der Waals surface area contributed by atoms with E-state index in [2.05, 4.69) is 15.5 Å². The Hall–Kier alpha value is -1.79. The maximum Gasteiger partial charge on any atom is 0.257 e. The highest BCUT2D eigenvalue weighted by Gasteiger charge is 2.11. The van der Waals surface area contributed by atoms with Crippen molar-refractivity contribution in [3.63, 3.8) is 0 Å². The Morgan fingerprint density at radius 2 is 2.22 bits per heavy atom. The van der Waals surface area contributed by atoms with E-state index < -0.39 is 0 Å². The summed E-state index contributed by atoms with van der Waals surface area (Å²) in [4.78, 5) is 11.9.